The van der Waals surface area contributed by atoms with Crippen LogP contribution in [-0.2, 0) is 13.2 Å². The number of rotatable bonds is 5. The summed E-state index contributed by atoms with van der Waals surface area (Å²) >= 11 is 0. The molecule has 2 aromatic carbocycles. The predicted octanol–water partition coefficient (Wildman–Crippen LogP) is 2.57. The number of nitrogens with one attached hydrogen (secondary N) is 1. The minimum atomic E-state index is 0.571. The topological polar surface area (TPSA) is 47.3 Å². The Kier molecular flexibility index (Phi) is 4.20. The second-order valence-electron chi connectivity index (χ2n) is 4.17. The lowest BCUT2D eigenvalue weighted by Gasteiger charge is -2.12. The van der Waals surface area contributed by atoms with Crippen LogP contribution in [0.1, 0.15) is 11.1 Å². The van der Waals surface area contributed by atoms with Gasteiger partial charge in [-0.1, -0.05) is 30.3 Å². The number of benzene rings is 2. The molecule has 3 heteroatoms. The zero-order valence-electron chi connectivity index (χ0n) is 10.5. The van der Waals surface area contributed by atoms with E-state index in [-0.39, 0.29) is 0 Å². The van der Waals surface area contributed by atoms with Crippen molar-refractivity contribution in [2.24, 2.45) is 0 Å². The van der Waals surface area contributed by atoms with Crippen molar-refractivity contribution in [2.75, 3.05) is 12.8 Å². The Bertz CT molecular complexity index is 497. The van der Waals surface area contributed by atoms with E-state index < -0.39 is 0 Å². The monoisotopic (exact) mass is 242 g/mol. The molecule has 0 saturated heterocycles. The molecule has 0 saturated carbocycles. The quantitative estimate of drug-likeness (QED) is 0.792. The van der Waals surface area contributed by atoms with Gasteiger partial charge in [0.2, 0.25) is 0 Å². The molecule has 3 nitrogen and oxygen atoms in total. The summed E-state index contributed by atoms with van der Waals surface area (Å²) < 4.78 is 5.84. The van der Waals surface area contributed by atoms with Crippen molar-refractivity contribution in [1.29, 1.82) is 0 Å². The van der Waals surface area contributed by atoms with E-state index in [2.05, 4.69) is 17.4 Å². The summed E-state index contributed by atoms with van der Waals surface area (Å²) in [6.45, 7) is 1.32. The van der Waals surface area contributed by atoms with Gasteiger partial charge < -0.3 is 15.8 Å². The first-order chi connectivity index (χ1) is 8.79. The molecule has 3 N–H and O–H groups in total. The summed E-state index contributed by atoms with van der Waals surface area (Å²) in [5.41, 5.74) is 8.77. The summed E-state index contributed by atoms with van der Waals surface area (Å²) in [6, 6.07) is 15.8. The fourth-order valence-corrected chi connectivity index (χ4v) is 1.80. The number of nitrogen functional groups attached to an aromatic ring is 1. The van der Waals surface area contributed by atoms with Crippen molar-refractivity contribution < 1.29 is 4.74 Å². The Morgan fingerprint density at radius 2 is 1.89 bits per heavy atom. The number of hydrogen-bond donors (Lipinski definition) is 2. The van der Waals surface area contributed by atoms with Crippen LogP contribution in [0.15, 0.2) is 48.5 Å². The van der Waals surface area contributed by atoms with E-state index in [0.29, 0.717) is 6.61 Å². The van der Waals surface area contributed by atoms with Gasteiger partial charge in [-0.2, -0.15) is 0 Å². The van der Waals surface area contributed by atoms with E-state index in [0.717, 1.165) is 29.1 Å². The Balaban J connectivity index is 2.09. The molecule has 0 bridgehead atoms. The van der Waals surface area contributed by atoms with Gasteiger partial charge in [0.25, 0.3) is 0 Å². The number of hydrogen-bond acceptors (Lipinski definition) is 3. The number of ether oxygens (including phenoxy) is 1. The van der Waals surface area contributed by atoms with Crippen molar-refractivity contribution in [3.05, 3.63) is 59.7 Å². The third kappa shape index (κ3) is 3.25. The smallest absolute Gasteiger partial charge is 0.124 e. The van der Waals surface area contributed by atoms with E-state index in [9.17, 15) is 0 Å². The van der Waals surface area contributed by atoms with Gasteiger partial charge in [0.15, 0.2) is 0 Å². The summed E-state index contributed by atoms with van der Waals surface area (Å²) in [4.78, 5) is 0. The van der Waals surface area contributed by atoms with Gasteiger partial charge in [-0.05, 0) is 30.8 Å². The molecule has 0 radical (unpaired) electrons. The molecule has 18 heavy (non-hydrogen) atoms. The molecule has 0 aliphatic rings. The van der Waals surface area contributed by atoms with Crippen LogP contribution in [0.3, 0.4) is 0 Å². The SMILES string of the molecule is CNCc1cc(N)ccc1OCc1ccccc1. The maximum atomic E-state index is 5.84. The molecule has 0 spiro atoms. The van der Waals surface area contributed by atoms with Crippen molar-refractivity contribution in [2.45, 2.75) is 13.2 Å². The number of anilines is 1. The Hall–Kier alpha value is -2.00. The second-order valence-corrected chi connectivity index (χ2v) is 4.17. The highest BCUT2D eigenvalue weighted by Gasteiger charge is 2.04. The number of nitrogens with two attached hydrogens (primary N) is 1. The minimum absolute atomic E-state index is 0.571. The third-order valence-electron chi connectivity index (χ3n) is 2.69. The van der Waals surface area contributed by atoms with E-state index in [1.54, 1.807) is 0 Å². The Labute approximate surface area is 108 Å². The van der Waals surface area contributed by atoms with Crippen LogP contribution in [0.2, 0.25) is 0 Å². The molecule has 0 amide bonds. The van der Waals surface area contributed by atoms with Gasteiger partial charge in [-0.3, -0.25) is 0 Å². The lowest BCUT2D eigenvalue weighted by atomic mass is 10.1. The lowest BCUT2D eigenvalue weighted by molar-refractivity contribution is 0.302. The first kappa shape index (κ1) is 12.5. The van der Waals surface area contributed by atoms with Gasteiger partial charge in [0.1, 0.15) is 12.4 Å². The molecular formula is C15H18N2O. The highest BCUT2D eigenvalue weighted by Crippen LogP contribution is 2.22. The molecule has 94 valence electrons. The van der Waals surface area contributed by atoms with Crippen LogP contribution in [0, 0.1) is 0 Å². The van der Waals surface area contributed by atoms with Gasteiger partial charge in [-0.25, -0.2) is 0 Å². The standard InChI is InChI=1S/C15H18N2O/c1-17-10-13-9-14(16)7-8-15(13)18-11-12-5-3-2-4-6-12/h2-9,17H,10-11,16H2,1H3. The molecule has 2 rings (SSSR count). The normalized spacial score (nSPS) is 10.3. The van der Waals surface area contributed by atoms with Gasteiger partial charge in [-0.15, -0.1) is 0 Å². The van der Waals surface area contributed by atoms with Crippen LogP contribution in [-0.4, -0.2) is 7.05 Å². The van der Waals surface area contributed by atoms with E-state index >= 15 is 0 Å². The molecule has 0 fully saturated rings. The summed E-state index contributed by atoms with van der Waals surface area (Å²) in [6.07, 6.45) is 0. The highest BCUT2D eigenvalue weighted by molar-refractivity contribution is 5.47. The van der Waals surface area contributed by atoms with Crippen molar-refractivity contribution in [1.82, 2.24) is 5.32 Å². The molecule has 0 aromatic heterocycles. The Morgan fingerprint density at radius 3 is 2.61 bits per heavy atom. The average Bonchev–Trinajstić information content (AvgIpc) is 2.39. The largest absolute Gasteiger partial charge is 0.489 e. The predicted molar refractivity (Wildman–Crippen MR) is 74.4 cm³/mol. The van der Waals surface area contributed by atoms with Crippen LogP contribution in [0.25, 0.3) is 0 Å². The molecular weight excluding hydrogens is 224 g/mol. The van der Waals surface area contributed by atoms with Crippen molar-refractivity contribution in [3.63, 3.8) is 0 Å². The average molecular weight is 242 g/mol. The molecule has 0 unspecified atom stereocenters. The van der Waals surface area contributed by atoms with E-state index in [4.69, 9.17) is 10.5 Å². The first-order valence-electron chi connectivity index (χ1n) is 5.99. The maximum Gasteiger partial charge on any atom is 0.124 e. The summed E-state index contributed by atoms with van der Waals surface area (Å²) in [7, 11) is 1.91. The van der Waals surface area contributed by atoms with Crippen LogP contribution in [0.5, 0.6) is 5.75 Å². The van der Waals surface area contributed by atoms with Crippen molar-refractivity contribution >= 4 is 5.69 Å². The highest BCUT2D eigenvalue weighted by atomic mass is 16.5. The minimum Gasteiger partial charge on any atom is -0.489 e. The first-order valence-corrected chi connectivity index (χ1v) is 5.99. The fourth-order valence-electron chi connectivity index (χ4n) is 1.80. The zero-order chi connectivity index (χ0) is 12.8. The molecule has 0 aliphatic heterocycles. The van der Waals surface area contributed by atoms with Gasteiger partial charge in [0, 0.05) is 17.8 Å². The molecule has 2 aromatic rings. The van der Waals surface area contributed by atoms with Crippen LogP contribution in [0.4, 0.5) is 5.69 Å². The fraction of sp³-hybridized carbons (Fsp3) is 0.200. The summed E-state index contributed by atoms with van der Waals surface area (Å²) in [5.74, 6) is 0.877. The molecule has 0 heterocycles. The lowest BCUT2D eigenvalue weighted by Crippen LogP contribution is -2.08. The summed E-state index contributed by atoms with van der Waals surface area (Å²) in [5, 5.41) is 3.11. The zero-order valence-corrected chi connectivity index (χ0v) is 10.5. The maximum absolute atomic E-state index is 5.84. The van der Waals surface area contributed by atoms with Crippen LogP contribution >= 0.6 is 0 Å². The van der Waals surface area contributed by atoms with Gasteiger partial charge >= 0.3 is 0 Å². The second kappa shape index (κ2) is 6.07. The van der Waals surface area contributed by atoms with Crippen molar-refractivity contribution in [3.8, 4) is 5.75 Å². The van der Waals surface area contributed by atoms with Crippen LogP contribution < -0.4 is 15.8 Å². The van der Waals surface area contributed by atoms with E-state index in [1.807, 2.05) is 43.4 Å². The third-order valence-corrected chi connectivity index (χ3v) is 2.69. The molecule has 0 aliphatic carbocycles. The van der Waals surface area contributed by atoms with Gasteiger partial charge in [0.05, 0.1) is 0 Å². The Morgan fingerprint density at radius 1 is 1.11 bits per heavy atom. The molecule has 0 atom stereocenters. The van der Waals surface area contributed by atoms with E-state index in [1.165, 1.54) is 0 Å².